The summed E-state index contributed by atoms with van der Waals surface area (Å²) in [5, 5.41) is 0. The maximum absolute atomic E-state index is 11.9. The summed E-state index contributed by atoms with van der Waals surface area (Å²) >= 11 is 0. The van der Waals surface area contributed by atoms with E-state index in [-0.39, 0.29) is 11.7 Å². The van der Waals surface area contributed by atoms with Crippen molar-refractivity contribution in [1.82, 2.24) is 9.88 Å². The number of Topliss-reactive ketones (excluding diaryl/α,β-unsaturated/α-hetero) is 1. The third-order valence-electron chi connectivity index (χ3n) is 4.95. The molecule has 4 heteroatoms. The van der Waals surface area contributed by atoms with Crippen molar-refractivity contribution in [3.63, 3.8) is 0 Å². The lowest BCUT2D eigenvalue weighted by Crippen LogP contribution is -2.35. The minimum Gasteiger partial charge on any atom is -0.442 e. The van der Waals surface area contributed by atoms with E-state index in [2.05, 4.69) is 40.2 Å². The molecular weight excluding hydrogens is 300 g/mol. The molecule has 1 aliphatic heterocycles. The van der Waals surface area contributed by atoms with Crippen LogP contribution in [0.1, 0.15) is 48.4 Å². The van der Waals surface area contributed by atoms with E-state index in [1.54, 1.807) is 0 Å². The number of oxazole rings is 1. The number of nitrogens with zero attached hydrogens (tertiary/aromatic N) is 2. The van der Waals surface area contributed by atoms with Crippen molar-refractivity contribution >= 4 is 5.78 Å². The molecule has 0 atom stereocenters. The Hall–Kier alpha value is -1.94. The van der Waals surface area contributed by atoms with E-state index < -0.39 is 0 Å². The fraction of sp³-hybridized carbons (Fsp3) is 0.500. The Morgan fingerprint density at radius 1 is 1.21 bits per heavy atom. The molecule has 0 N–H and O–H groups in total. The monoisotopic (exact) mass is 326 g/mol. The van der Waals surface area contributed by atoms with Crippen LogP contribution >= 0.6 is 0 Å². The average molecular weight is 326 g/mol. The second-order valence-electron chi connectivity index (χ2n) is 6.67. The standard InChI is InChI=1S/C20H26N2O2/c23-19(20-21-12-16-24-20)8-4-7-18-10-14-22(15-11-18)13-9-17-5-2-1-3-6-17/h1-3,5-6,12,16,18H,4,7-11,13-15H2. The van der Waals surface area contributed by atoms with Crippen molar-refractivity contribution in [2.75, 3.05) is 19.6 Å². The third-order valence-corrected chi connectivity index (χ3v) is 4.95. The molecule has 1 aliphatic rings. The van der Waals surface area contributed by atoms with Crippen LogP contribution in [0.25, 0.3) is 0 Å². The minimum atomic E-state index is 0.0281. The van der Waals surface area contributed by atoms with Crippen molar-refractivity contribution in [3.8, 4) is 0 Å². The van der Waals surface area contributed by atoms with Crippen molar-refractivity contribution in [3.05, 3.63) is 54.2 Å². The molecule has 4 nitrogen and oxygen atoms in total. The normalized spacial score (nSPS) is 16.3. The van der Waals surface area contributed by atoms with Gasteiger partial charge in [0.1, 0.15) is 6.26 Å². The van der Waals surface area contributed by atoms with E-state index in [4.69, 9.17) is 4.42 Å². The second kappa shape index (κ2) is 8.78. The highest BCUT2D eigenvalue weighted by Gasteiger charge is 2.19. The molecule has 0 amide bonds. The van der Waals surface area contributed by atoms with Crippen LogP contribution in [-0.4, -0.2) is 35.3 Å². The number of aromatic nitrogens is 1. The van der Waals surface area contributed by atoms with Gasteiger partial charge in [-0.05, 0) is 56.7 Å². The fourth-order valence-corrected chi connectivity index (χ4v) is 3.45. The number of hydrogen-bond acceptors (Lipinski definition) is 4. The predicted octanol–water partition coefficient (Wildman–Crippen LogP) is 3.98. The molecule has 2 aromatic rings. The minimum absolute atomic E-state index is 0.0281. The SMILES string of the molecule is O=C(CCCC1CCN(CCc2ccccc2)CC1)c1ncco1. The molecule has 2 heterocycles. The van der Waals surface area contributed by atoms with Gasteiger partial charge in [-0.3, -0.25) is 4.79 Å². The second-order valence-corrected chi connectivity index (χ2v) is 6.67. The van der Waals surface area contributed by atoms with E-state index in [1.807, 2.05) is 0 Å². The van der Waals surface area contributed by atoms with Crippen molar-refractivity contribution < 1.29 is 9.21 Å². The molecule has 0 saturated carbocycles. The van der Waals surface area contributed by atoms with Crippen LogP contribution in [0.5, 0.6) is 0 Å². The lowest BCUT2D eigenvalue weighted by Gasteiger charge is -2.32. The Morgan fingerprint density at radius 2 is 2.00 bits per heavy atom. The molecule has 128 valence electrons. The first kappa shape index (κ1) is 16.9. The predicted molar refractivity (Wildman–Crippen MR) is 94.0 cm³/mol. The number of ketones is 1. The highest BCUT2D eigenvalue weighted by molar-refractivity contribution is 5.91. The van der Waals surface area contributed by atoms with E-state index >= 15 is 0 Å². The quantitative estimate of drug-likeness (QED) is 0.688. The molecule has 0 spiro atoms. The van der Waals surface area contributed by atoms with Crippen molar-refractivity contribution in [2.24, 2.45) is 5.92 Å². The number of rotatable bonds is 8. The summed E-state index contributed by atoms with van der Waals surface area (Å²) in [5.41, 5.74) is 1.42. The van der Waals surface area contributed by atoms with Gasteiger partial charge in [-0.1, -0.05) is 30.3 Å². The van der Waals surface area contributed by atoms with Gasteiger partial charge in [-0.2, -0.15) is 0 Å². The smallest absolute Gasteiger partial charge is 0.263 e. The molecule has 24 heavy (non-hydrogen) atoms. The maximum Gasteiger partial charge on any atom is 0.263 e. The molecule has 3 rings (SSSR count). The van der Waals surface area contributed by atoms with Gasteiger partial charge in [0.2, 0.25) is 5.78 Å². The van der Waals surface area contributed by atoms with Crippen LogP contribution in [0.3, 0.4) is 0 Å². The Bertz CT molecular complexity index is 602. The summed E-state index contributed by atoms with van der Waals surface area (Å²) in [6.07, 6.45) is 9.25. The van der Waals surface area contributed by atoms with Crippen LogP contribution < -0.4 is 0 Å². The van der Waals surface area contributed by atoms with Crippen LogP contribution in [0, 0.1) is 5.92 Å². The Morgan fingerprint density at radius 3 is 2.71 bits per heavy atom. The van der Waals surface area contributed by atoms with Gasteiger partial charge in [0, 0.05) is 13.0 Å². The lowest BCUT2D eigenvalue weighted by atomic mass is 9.91. The Labute approximate surface area is 143 Å². The Kier molecular flexibility index (Phi) is 6.19. The van der Waals surface area contributed by atoms with Crippen molar-refractivity contribution in [2.45, 2.75) is 38.5 Å². The van der Waals surface area contributed by atoms with Crippen LogP contribution in [0.2, 0.25) is 0 Å². The van der Waals surface area contributed by atoms with Gasteiger partial charge >= 0.3 is 0 Å². The van der Waals surface area contributed by atoms with Gasteiger partial charge in [0.25, 0.3) is 5.89 Å². The molecule has 1 aromatic heterocycles. The molecule has 1 aromatic carbocycles. The number of carbonyl (C=O) groups excluding carboxylic acids is 1. The molecular formula is C20H26N2O2. The maximum atomic E-state index is 11.9. The van der Waals surface area contributed by atoms with E-state index in [0.717, 1.165) is 31.7 Å². The Balaban J connectivity index is 1.30. The van der Waals surface area contributed by atoms with E-state index in [0.29, 0.717) is 6.42 Å². The van der Waals surface area contributed by atoms with Gasteiger partial charge in [-0.15, -0.1) is 0 Å². The molecule has 0 radical (unpaired) electrons. The van der Waals surface area contributed by atoms with Gasteiger partial charge in [0.05, 0.1) is 6.20 Å². The van der Waals surface area contributed by atoms with Crippen LogP contribution in [0.4, 0.5) is 0 Å². The first-order valence-electron chi connectivity index (χ1n) is 9.00. The first-order valence-corrected chi connectivity index (χ1v) is 9.00. The summed E-state index contributed by atoms with van der Waals surface area (Å²) in [6, 6.07) is 10.7. The third kappa shape index (κ3) is 5.03. The number of benzene rings is 1. The molecule has 0 bridgehead atoms. The molecule has 1 fully saturated rings. The zero-order chi connectivity index (χ0) is 16.6. The highest BCUT2D eigenvalue weighted by Crippen LogP contribution is 2.23. The highest BCUT2D eigenvalue weighted by atomic mass is 16.3. The lowest BCUT2D eigenvalue weighted by molar-refractivity contribution is 0.0941. The molecule has 0 unspecified atom stereocenters. The average Bonchev–Trinajstić information content (AvgIpc) is 3.17. The summed E-state index contributed by atoms with van der Waals surface area (Å²) in [5.74, 6) is 1.04. The largest absolute Gasteiger partial charge is 0.442 e. The first-order chi connectivity index (χ1) is 11.8. The number of likely N-dealkylation sites (tertiary alicyclic amines) is 1. The number of carbonyl (C=O) groups is 1. The zero-order valence-corrected chi connectivity index (χ0v) is 14.2. The zero-order valence-electron chi connectivity index (χ0n) is 14.2. The van der Waals surface area contributed by atoms with E-state index in [9.17, 15) is 4.79 Å². The molecule has 1 saturated heterocycles. The van der Waals surface area contributed by atoms with Crippen molar-refractivity contribution in [1.29, 1.82) is 0 Å². The summed E-state index contributed by atoms with van der Waals surface area (Å²) in [6.45, 7) is 3.52. The number of hydrogen-bond donors (Lipinski definition) is 0. The van der Waals surface area contributed by atoms with E-state index in [1.165, 1.54) is 44.0 Å². The summed E-state index contributed by atoms with van der Waals surface area (Å²) in [4.78, 5) is 18.3. The summed E-state index contributed by atoms with van der Waals surface area (Å²) < 4.78 is 5.05. The van der Waals surface area contributed by atoms with Crippen LogP contribution in [-0.2, 0) is 6.42 Å². The van der Waals surface area contributed by atoms with Gasteiger partial charge in [-0.25, -0.2) is 4.98 Å². The molecule has 0 aliphatic carbocycles. The summed E-state index contributed by atoms with van der Waals surface area (Å²) in [7, 11) is 0. The topological polar surface area (TPSA) is 46.3 Å². The van der Waals surface area contributed by atoms with Crippen LogP contribution in [0.15, 0.2) is 47.2 Å². The number of piperidine rings is 1. The van der Waals surface area contributed by atoms with Gasteiger partial charge < -0.3 is 9.32 Å². The fourth-order valence-electron chi connectivity index (χ4n) is 3.45. The van der Waals surface area contributed by atoms with Gasteiger partial charge in [0.15, 0.2) is 0 Å².